The van der Waals surface area contributed by atoms with Gasteiger partial charge in [-0.2, -0.15) is 0 Å². The molecule has 0 bridgehead atoms. The van der Waals surface area contributed by atoms with E-state index in [1.165, 1.54) is 6.07 Å². The average Bonchev–Trinajstić information content (AvgIpc) is 3.25. The Labute approximate surface area is 196 Å². The quantitative estimate of drug-likeness (QED) is 0.428. The van der Waals surface area contributed by atoms with Crippen molar-refractivity contribution in [3.8, 4) is 0 Å². The third-order valence-corrected chi connectivity index (χ3v) is 6.78. The number of pyridine rings is 2. The number of rotatable bonds is 4. The van der Waals surface area contributed by atoms with Gasteiger partial charge in [-0.3, -0.25) is 9.59 Å². The molecule has 1 amide bonds. The summed E-state index contributed by atoms with van der Waals surface area (Å²) in [7, 11) is 0. The summed E-state index contributed by atoms with van der Waals surface area (Å²) >= 11 is 0. The lowest BCUT2D eigenvalue weighted by atomic mass is 9.95. The van der Waals surface area contributed by atoms with Crippen molar-refractivity contribution in [1.29, 1.82) is 0 Å². The second kappa shape index (κ2) is 8.24. The van der Waals surface area contributed by atoms with Crippen molar-refractivity contribution in [2.24, 2.45) is 0 Å². The molecule has 0 spiro atoms. The Bertz CT molecular complexity index is 1460. The summed E-state index contributed by atoms with van der Waals surface area (Å²) in [6, 6.07) is 14.0. The molecule has 4 aromatic rings. The number of carbonyl (C=O) groups is 1. The van der Waals surface area contributed by atoms with Crippen molar-refractivity contribution in [3.63, 3.8) is 0 Å². The van der Waals surface area contributed by atoms with Crippen LogP contribution in [0.4, 0.5) is 10.2 Å². The molecule has 34 heavy (non-hydrogen) atoms. The minimum absolute atomic E-state index is 0.123. The van der Waals surface area contributed by atoms with E-state index < -0.39 is 17.3 Å². The molecule has 1 aliphatic heterocycles. The van der Waals surface area contributed by atoms with Gasteiger partial charge < -0.3 is 15.2 Å². The van der Waals surface area contributed by atoms with Crippen molar-refractivity contribution in [2.45, 2.75) is 45.2 Å². The number of halogens is 1. The van der Waals surface area contributed by atoms with Crippen LogP contribution < -0.4 is 15.6 Å². The predicted molar refractivity (Wildman–Crippen MR) is 133 cm³/mol. The summed E-state index contributed by atoms with van der Waals surface area (Å²) < 4.78 is 15.0. The van der Waals surface area contributed by atoms with Crippen LogP contribution in [0.25, 0.3) is 21.8 Å². The molecule has 1 saturated heterocycles. The van der Waals surface area contributed by atoms with Gasteiger partial charge in [0.25, 0.3) is 5.91 Å². The predicted octanol–water partition coefficient (Wildman–Crippen LogP) is 4.87. The number of H-pyrrole nitrogens is 1. The maximum atomic E-state index is 15.0. The molecule has 5 rings (SSSR count). The molecule has 2 aromatic carbocycles. The Kier molecular flexibility index (Phi) is 5.35. The first-order chi connectivity index (χ1) is 16.2. The van der Waals surface area contributed by atoms with Crippen LogP contribution >= 0.6 is 0 Å². The number of amides is 1. The fourth-order valence-corrected chi connectivity index (χ4v) is 4.74. The number of aromatic amines is 1. The number of aromatic nitrogens is 2. The largest absolute Gasteiger partial charge is 0.354 e. The topological polar surface area (TPSA) is 78.1 Å². The minimum Gasteiger partial charge on any atom is -0.354 e. The van der Waals surface area contributed by atoms with Crippen LogP contribution in [0.5, 0.6) is 0 Å². The molecule has 3 heterocycles. The fourth-order valence-electron chi connectivity index (χ4n) is 4.74. The molecule has 0 saturated carbocycles. The van der Waals surface area contributed by atoms with E-state index in [0.29, 0.717) is 22.5 Å². The fraction of sp³-hybridized carbons (Fsp3) is 0.296. The molecule has 1 unspecified atom stereocenters. The van der Waals surface area contributed by atoms with Gasteiger partial charge in [-0.25, -0.2) is 9.37 Å². The normalized spacial score (nSPS) is 16.4. The van der Waals surface area contributed by atoms with E-state index in [0.717, 1.165) is 36.8 Å². The van der Waals surface area contributed by atoms with Gasteiger partial charge in [-0.1, -0.05) is 18.2 Å². The number of hydrogen-bond donors (Lipinski definition) is 2. The first-order valence-corrected chi connectivity index (χ1v) is 11.5. The number of anilines is 1. The van der Waals surface area contributed by atoms with Gasteiger partial charge >= 0.3 is 0 Å². The van der Waals surface area contributed by atoms with Crippen LogP contribution in [0.2, 0.25) is 0 Å². The summed E-state index contributed by atoms with van der Waals surface area (Å²) in [6.45, 7) is 6.90. The van der Waals surface area contributed by atoms with Gasteiger partial charge in [0.05, 0.1) is 16.6 Å². The summed E-state index contributed by atoms with van der Waals surface area (Å²) in [5, 5.41) is 3.61. The van der Waals surface area contributed by atoms with Crippen molar-refractivity contribution < 1.29 is 9.18 Å². The maximum Gasteiger partial charge on any atom is 0.255 e. The number of benzene rings is 2. The summed E-state index contributed by atoms with van der Waals surface area (Å²) in [4.78, 5) is 35.9. The van der Waals surface area contributed by atoms with Gasteiger partial charge in [-0.05, 0) is 69.5 Å². The number of nitrogens with zero attached hydrogens (tertiary/aromatic N) is 2. The zero-order valence-electron chi connectivity index (χ0n) is 19.5. The first-order valence-electron chi connectivity index (χ1n) is 11.5. The molecule has 0 radical (unpaired) electrons. The molecule has 6 nitrogen and oxygen atoms in total. The van der Waals surface area contributed by atoms with E-state index in [1.807, 2.05) is 32.0 Å². The van der Waals surface area contributed by atoms with Gasteiger partial charge in [0.2, 0.25) is 0 Å². The van der Waals surface area contributed by atoms with Gasteiger partial charge in [0, 0.05) is 35.1 Å². The van der Waals surface area contributed by atoms with Crippen molar-refractivity contribution in [1.82, 2.24) is 15.3 Å². The Morgan fingerprint density at radius 2 is 1.94 bits per heavy atom. The van der Waals surface area contributed by atoms with Crippen LogP contribution in [-0.4, -0.2) is 28.5 Å². The Morgan fingerprint density at radius 3 is 2.65 bits per heavy atom. The van der Waals surface area contributed by atoms with Crippen molar-refractivity contribution >= 4 is 33.5 Å². The van der Waals surface area contributed by atoms with Crippen LogP contribution in [0.15, 0.2) is 59.5 Å². The number of hydrogen-bond acceptors (Lipinski definition) is 4. The minimum atomic E-state index is -0.780. The smallest absolute Gasteiger partial charge is 0.255 e. The second-order valence-electron chi connectivity index (χ2n) is 9.55. The Morgan fingerprint density at radius 1 is 1.15 bits per heavy atom. The Hall–Kier alpha value is -3.74. The van der Waals surface area contributed by atoms with Crippen LogP contribution in [-0.2, 0) is 5.54 Å². The molecule has 7 heteroatoms. The number of nitrogens with one attached hydrogen (secondary N) is 2. The maximum absolute atomic E-state index is 15.0. The lowest BCUT2D eigenvalue weighted by Crippen LogP contribution is -2.41. The zero-order valence-corrected chi connectivity index (χ0v) is 19.5. The lowest BCUT2D eigenvalue weighted by molar-refractivity contribution is 0.0908. The highest BCUT2D eigenvalue weighted by molar-refractivity contribution is 6.00. The highest BCUT2D eigenvalue weighted by Crippen LogP contribution is 2.27. The summed E-state index contributed by atoms with van der Waals surface area (Å²) in [5.74, 6) is -0.374. The van der Waals surface area contributed by atoms with E-state index in [2.05, 4.69) is 27.1 Å². The highest BCUT2D eigenvalue weighted by Gasteiger charge is 2.27. The molecule has 1 aliphatic rings. The molecule has 0 aliphatic carbocycles. The SMILES string of the molecule is CC1CCCN1c1ccc(C(C)(C)NC(=O)c2cc3[nH]c4ccccc4c(=O)c3cc2F)cn1. The van der Waals surface area contributed by atoms with E-state index >= 15 is 0 Å². The van der Waals surface area contributed by atoms with E-state index in [-0.39, 0.29) is 16.4 Å². The van der Waals surface area contributed by atoms with Crippen molar-refractivity contribution in [2.75, 3.05) is 11.4 Å². The third-order valence-electron chi connectivity index (χ3n) is 6.78. The average molecular weight is 459 g/mol. The van der Waals surface area contributed by atoms with Crippen LogP contribution in [0, 0.1) is 5.82 Å². The molecular formula is C27H27FN4O2. The Balaban J connectivity index is 1.43. The molecule has 174 valence electrons. The first kappa shape index (κ1) is 22.1. The summed E-state index contributed by atoms with van der Waals surface area (Å²) in [6.07, 6.45) is 4.08. The van der Waals surface area contributed by atoms with Gasteiger partial charge in [0.1, 0.15) is 11.6 Å². The van der Waals surface area contributed by atoms with Crippen molar-refractivity contribution in [3.05, 3.63) is 81.9 Å². The van der Waals surface area contributed by atoms with Crippen LogP contribution in [0.1, 0.15) is 49.5 Å². The van der Waals surface area contributed by atoms with Crippen LogP contribution in [0.3, 0.4) is 0 Å². The van der Waals surface area contributed by atoms with E-state index in [4.69, 9.17) is 0 Å². The zero-order chi connectivity index (χ0) is 24.0. The monoisotopic (exact) mass is 458 g/mol. The highest BCUT2D eigenvalue weighted by atomic mass is 19.1. The number of para-hydroxylation sites is 1. The molecular weight excluding hydrogens is 431 g/mol. The van der Waals surface area contributed by atoms with Gasteiger partial charge in [0.15, 0.2) is 5.43 Å². The van der Waals surface area contributed by atoms with Gasteiger partial charge in [-0.15, -0.1) is 0 Å². The number of carbonyl (C=O) groups excluding carboxylic acids is 1. The standard InChI is InChI=1S/C27H27FN4O2/c1-16-7-6-12-32(16)24-11-10-17(15-29-24)27(2,3)31-26(34)19-14-23-20(13-21(19)28)25(33)18-8-4-5-9-22(18)30-23/h4-5,8-11,13-16H,6-7,12H2,1-3H3,(H,30,33)(H,31,34). The third kappa shape index (κ3) is 3.81. The molecule has 2 N–H and O–H groups in total. The molecule has 1 fully saturated rings. The van der Waals surface area contributed by atoms with E-state index in [9.17, 15) is 14.0 Å². The number of fused-ring (bicyclic) bond motifs is 2. The lowest BCUT2D eigenvalue weighted by Gasteiger charge is -2.28. The molecule has 2 aromatic heterocycles. The molecule has 1 atom stereocenters. The second-order valence-corrected chi connectivity index (χ2v) is 9.55. The summed E-state index contributed by atoms with van der Waals surface area (Å²) in [5.41, 5.74) is 0.695. The van der Waals surface area contributed by atoms with E-state index in [1.54, 1.807) is 24.4 Å².